The average Bonchev–Trinajstić information content (AvgIpc) is 2.69. The Kier molecular flexibility index (Phi) is 3.57. The van der Waals surface area contributed by atoms with Crippen molar-refractivity contribution in [3.8, 4) is 17.2 Å². The molecule has 0 spiro atoms. The summed E-state index contributed by atoms with van der Waals surface area (Å²) in [7, 11) is 2.83. The molecule has 1 saturated heterocycles. The van der Waals surface area contributed by atoms with Crippen LogP contribution in [-0.4, -0.2) is 30.4 Å². The highest BCUT2D eigenvalue weighted by Crippen LogP contribution is 2.37. The number of benzene rings is 1. The molecule has 1 fully saturated rings. The van der Waals surface area contributed by atoms with Crippen molar-refractivity contribution in [2.75, 3.05) is 14.2 Å². The number of carbonyl (C=O) groups is 1. The Morgan fingerprint density at radius 2 is 1.89 bits per heavy atom. The van der Waals surface area contributed by atoms with E-state index in [1.54, 1.807) is 12.1 Å². The summed E-state index contributed by atoms with van der Waals surface area (Å²) in [4.78, 5) is 11.5. The van der Waals surface area contributed by atoms with E-state index in [4.69, 9.17) is 26.4 Å². The molecule has 7 heteroatoms. The van der Waals surface area contributed by atoms with Crippen LogP contribution in [0.25, 0.3) is 6.08 Å². The molecule has 0 unspecified atom stereocenters. The van der Waals surface area contributed by atoms with Gasteiger partial charge in [0, 0.05) is 0 Å². The van der Waals surface area contributed by atoms with Gasteiger partial charge in [0.2, 0.25) is 5.75 Å². The number of phenols is 1. The number of nitrogens with one attached hydrogen (secondary N) is 1. The van der Waals surface area contributed by atoms with Gasteiger partial charge in [-0.3, -0.25) is 10.1 Å². The molecule has 2 rings (SSSR count). The second-order valence-corrected chi connectivity index (χ2v) is 4.00. The summed E-state index contributed by atoms with van der Waals surface area (Å²) in [5.41, 5.74) is 0.571. The van der Waals surface area contributed by atoms with E-state index in [9.17, 15) is 9.90 Å². The molecule has 1 heterocycles. The highest BCUT2D eigenvalue weighted by Gasteiger charge is 2.23. The van der Waals surface area contributed by atoms with Gasteiger partial charge in [0.1, 0.15) is 0 Å². The van der Waals surface area contributed by atoms with E-state index in [1.807, 2.05) is 0 Å². The predicted octanol–water partition coefficient (Wildman–Crippen LogP) is 1.18. The van der Waals surface area contributed by atoms with Gasteiger partial charge in [-0.25, -0.2) is 0 Å². The Bertz CT molecular complexity index is 556. The zero-order chi connectivity index (χ0) is 14.0. The minimum absolute atomic E-state index is 0.00829. The summed E-state index contributed by atoms with van der Waals surface area (Å²) >= 11 is 4.72. The van der Waals surface area contributed by atoms with Crippen molar-refractivity contribution in [1.82, 2.24) is 5.32 Å². The number of thiocarbonyl (C=S) groups is 1. The summed E-state index contributed by atoms with van der Waals surface area (Å²) in [5, 5.41) is 12.1. The molecule has 0 radical (unpaired) electrons. The number of rotatable bonds is 3. The Labute approximate surface area is 114 Å². The Hall–Kier alpha value is -2.28. The minimum Gasteiger partial charge on any atom is -0.502 e. The highest BCUT2D eigenvalue weighted by atomic mass is 32.1. The van der Waals surface area contributed by atoms with Gasteiger partial charge >= 0.3 is 0 Å². The van der Waals surface area contributed by atoms with E-state index in [-0.39, 0.29) is 28.2 Å². The molecule has 100 valence electrons. The molecule has 0 aliphatic carbocycles. The van der Waals surface area contributed by atoms with Crippen LogP contribution in [0.1, 0.15) is 5.56 Å². The van der Waals surface area contributed by atoms with Crippen molar-refractivity contribution in [2.45, 2.75) is 0 Å². The zero-order valence-corrected chi connectivity index (χ0v) is 11.0. The van der Waals surface area contributed by atoms with Gasteiger partial charge in [-0.2, -0.15) is 0 Å². The maximum absolute atomic E-state index is 11.5. The largest absolute Gasteiger partial charge is 0.502 e. The van der Waals surface area contributed by atoms with Gasteiger partial charge in [-0.15, -0.1) is 0 Å². The zero-order valence-electron chi connectivity index (χ0n) is 10.2. The maximum atomic E-state index is 11.5. The van der Waals surface area contributed by atoms with Crippen molar-refractivity contribution in [3.63, 3.8) is 0 Å². The molecule has 6 nitrogen and oxygen atoms in total. The average molecular weight is 281 g/mol. The lowest BCUT2D eigenvalue weighted by Gasteiger charge is -2.09. The van der Waals surface area contributed by atoms with Gasteiger partial charge in [0.05, 0.1) is 14.2 Å². The number of hydrogen-bond donors (Lipinski definition) is 2. The monoisotopic (exact) mass is 281 g/mol. The molecule has 0 saturated carbocycles. The first-order chi connectivity index (χ1) is 9.05. The van der Waals surface area contributed by atoms with Crippen LogP contribution in [0.4, 0.5) is 0 Å². The van der Waals surface area contributed by atoms with Crippen molar-refractivity contribution in [2.24, 2.45) is 0 Å². The molecule has 19 heavy (non-hydrogen) atoms. The number of methoxy groups -OCH3 is 2. The minimum atomic E-state index is -0.420. The quantitative estimate of drug-likeness (QED) is 0.640. The maximum Gasteiger partial charge on any atom is 0.294 e. The Morgan fingerprint density at radius 3 is 2.32 bits per heavy atom. The van der Waals surface area contributed by atoms with Gasteiger partial charge in [-0.05, 0) is 36.0 Å². The van der Waals surface area contributed by atoms with Gasteiger partial charge in [0.15, 0.2) is 17.3 Å². The lowest BCUT2D eigenvalue weighted by atomic mass is 10.1. The van der Waals surface area contributed by atoms with Crippen molar-refractivity contribution in [3.05, 3.63) is 23.5 Å². The fourth-order valence-electron chi connectivity index (χ4n) is 1.57. The fraction of sp³-hybridized carbons (Fsp3) is 0.167. The number of ether oxygens (including phenoxy) is 3. The van der Waals surface area contributed by atoms with E-state index in [0.29, 0.717) is 5.56 Å². The Balaban J connectivity index is 2.43. The van der Waals surface area contributed by atoms with Crippen LogP contribution in [0.3, 0.4) is 0 Å². The number of phenolic OH excluding ortho intramolecular Hbond substituents is 1. The number of carbonyl (C=O) groups excluding carboxylic acids is 1. The molecule has 2 N–H and O–H groups in total. The summed E-state index contributed by atoms with van der Waals surface area (Å²) in [5.74, 6) is -0.00497. The van der Waals surface area contributed by atoms with Crippen LogP contribution in [0.15, 0.2) is 17.9 Å². The van der Waals surface area contributed by atoms with Gasteiger partial charge in [-0.1, -0.05) is 0 Å². The van der Waals surface area contributed by atoms with Crippen LogP contribution >= 0.6 is 12.2 Å². The first-order valence-electron chi connectivity index (χ1n) is 5.25. The molecule has 1 aromatic carbocycles. The van der Waals surface area contributed by atoms with E-state index in [2.05, 4.69) is 5.32 Å². The number of amides is 1. The smallest absolute Gasteiger partial charge is 0.294 e. The van der Waals surface area contributed by atoms with Crippen LogP contribution in [0, 0.1) is 0 Å². The van der Waals surface area contributed by atoms with E-state index in [0.717, 1.165) is 0 Å². The van der Waals surface area contributed by atoms with Crippen molar-refractivity contribution in [1.29, 1.82) is 0 Å². The van der Waals surface area contributed by atoms with E-state index < -0.39 is 5.91 Å². The first kappa shape index (κ1) is 13.2. The second kappa shape index (κ2) is 5.15. The van der Waals surface area contributed by atoms with Crippen molar-refractivity contribution < 1.29 is 24.1 Å². The highest BCUT2D eigenvalue weighted by molar-refractivity contribution is 7.80. The molecular weight excluding hydrogens is 270 g/mol. The van der Waals surface area contributed by atoms with Crippen LogP contribution in [0.5, 0.6) is 17.2 Å². The third kappa shape index (κ3) is 2.60. The van der Waals surface area contributed by atoms with Crippen molar-refractivity contribution >= 4 is 29.4 Å². The van der Waals surface area contributed by atoms with E-state index >= 15 is 0 Å². The normalized spacial score (nSPS) is 16.2. The third-order valence-electron chi connectivity index (χ3n) is 2.44. The second-order valence-electron chi connectivity index (χ2n) is 3.63. The topological polar surface area (TPSA) is 77.0 Å². The molecule has 1 amide bonds. The summed E-state index contributed by atoms with van der Waals surface area (Å²) < 4.78 is 15.1. The molecular formula is C12H11NO5S. The number of hydrogen-bond acceptors (Lipinski definition) is 6. The molecule has 1 aromatic rings. The number of aromatic hydroxyl groups is 1. The molecule has 0 aromatic heterocycles. The van der Waals surface area contributed by atoms with Crippen LogP contribution in [0.2, 0.25) is 0 Å². The molecule has 0 atom stereocenters. The summed E-state index contributed by atoms with van der Waals surface area (Å²) in [6, 6.07) is 3.09. The van der Waals surface area contributed by atoms with Gasteiger partial charge < -0.3 is 19.3 Å². The summed E-state index contributed by atoms with van der Waals surface area (Å²) in [6.45, 7) is 0. The molecule has 0 bridgehead atoms. The predicted molar refractivity (Wildman–Crippen MR) is 71.0 cm³/mol. The molecule has 1 aliphatic heterocycles. The van der Waals surface area contributed by atoms with Gasteiger partial charge in [0.25, 0.3) is 11.1 Å². The Morgan fingerprint density at radius 1 is 1.32 bits per heavy atom. The molecule has 1 aliphatic rings. The van der Waals surface area contributed by atoms with Crippen LogP contribution < -0.4 is 14.8 Å². The first-order valence-corrected chi connectivity index (χ1v) is 5.66. The standard InChI is InChI=1S/C12H11NO5S/c1-16-7-3-6(4-8(17-2)10(7)14)5-9-11(15)13-12(19)18-9/h3-5,14H,1-2H3,(H,13,15,19). The fourth-order valence-corrected chi connectivity index (χ4v) is 1.75. The van der Waals surface area contributed by atoms with Crippen LogP contribution in [-0.2, 0) is 9.53 Å². The third-order valence-corrected chi connectivity index (χ3v) is 2.63. The van der Waals surface area contributed by atoms with E-state index in [1.165, 1.54) is 20.3 Å². The lowest BCUT2D eigenvalue weighted by Crippen LogP contribution is -2.18. The lowest BCUT2D eigenvalue weighted by molar-refractivity contribution is -0.116. The SMILES string of the molecule is COc1cc(C=C2OC(=S)NC2=O)cc(OC)c1O. The summed E-state index contributed by atoms with van der Waals surface area (Å²) in [6.07, 6.45) is 1.47.